The molecule has 1 unspecified atom stereocenters. The van der Waals surface area contributed by atoms with E-state index in [2.05, 4.69) is 0 Å². The molecule has 0 N–H and O–H groups in total. The predicted molar refractivity (Wildman–Crippen MR) is 86.7 cm³/mol. The maximum atomic E-state index is 14.4. The standard InChI is InChI=1S/C17H20F2O2Si/c1-12(20)17(18,19)16(21-22(2,3)4)15-10-9-13-7-5-6-8-14(13)11-15/h5-11,16H,1-4H3. The lowest BCUT2D eigenvalue weighted by Gasteiger charge is -2.31. The fourth-order valence-corrected chi connectivity index (χ4v) is 3.25. The second-order valence-electron chi connectivity index (χ2n) is 6.40. The summed E-state index contributed by atoms with van der Waals surface area (Å²) < 4.78 is 34.4. The summed E-state index contributed by atoms with van der Waals surface area (Å²) >= 11 is 0. The minimum Gasteiger partial charge on any atom is -0.404 e. The van der Waals surface area contributed by atoms with Crippen LogP contribution in [-0.2, 0) is 9.22 Å². The molecule has 22 heavy (non-hydrogen) atoms. The van der Waals surface area contributed by atoms with Gasteiger partial charge in [0.15, 0.2) is 8.32 Å². The number of carbonyl (C=O) groups is 1. The van der Waals surface area contributed by atoms with Gasteiger partial charge in [0, 0.05) is 6.92 Å². The Balaban J connectivity index is 2.53. The van der Waals surface area contributed by atoms with E-state index in [-0.39, 0.29) is 0 Å². The van der Waals surface area contributed by atoms with Crippen molar-refractivity contribution >= 4 is 24.9 Å². The second-order valence-corrected chi connectivity index (χ2v) is 10.9. The molecule has 5 heteroatoms. The molecule has 0 aliphatic heterocycles. The molecule has 2 aromatic rings. The Kier molecular flexibility index (Phi) is 4.49. The normalized spacial score (nSPS) is 14.1. The van der Waals surface area contributed by atoms with E-state index >= 15 is 0 Å². The Hall–Kier alpha value is -1.59. The Morgan fingerprint density at radius 2 is 1.68 bits per heavy atom. The molecule has 0 aliphatic rings. The molecule has 0 heterocycles. The topological polar surface area (TPSA) is 26.3 Å². The van der Waals surface area contributed by atoms with Crippen LogP contribution >= 0.6 is 0 Å². The van der Waals surface area contributed by atoms with E-state index in [9.17, 15) is 13.6 Å². The number of ketones is 1. The van der Waals surface area contributed by atoms with Gasteiger partial charge in [0.1, 0.15) is 6.10 Å². The summed E-state index contributed by atoms with van der Waals surface area (Å²) in [6.07, 6.45) is -1.54. The van der Waals surface area contributed by atoms with Crippen molar-refractivity contribution in [2.75, 3.05) is 0 Å². The summed E-state index contributed by atoms with van der Waals surface area (Å²) in [7, 11) is -2.26. The number of Topliss-reactive ketones (excluding diaryl/α,β-unsaturated/α-hetero) is 1. The first-order valence-electron chi connectivity index (χ1n) is 7.16. The van der Waals surface area contributed by atoms with Gasteiger partial charge >= 0.3 is 5.92 Å². The molecule has 2 rings (SSSR count). The largest absolute Gasteiger partial charge is 0.404 e. The maximum Gasteiger partial charge on any atom is 0.333 e. The third-order valence-electron chi connectivity index (χ3n) is 3.35. The minimum absolute atomic E-state index is 0.335. The smallest absolute Gasteiger partial charge is 0.333 e. The van der Waals surface area contributed by atoms with Gasteiger partial charge in [-0.25, -0.2) is 0 Å². The molecule has 2 nitrogen and oxygen atoms in total. The molecule has 0 saturated heterocycles. The van der Waals surface area contributed by atoms with Gasteiger partial charge in [-0.2, -0.15) is 8.78 Å². The summed E-state index contributed by atoms with van der Waals surface area (Å²) in [6.45, 7) is 6.40. The van der Waals surface area contributed by atoms with Crippen LogP contribution in [0.4, 0.5) is 8.78 Å². The zero-order valence-electron chi connectivity index (χ0n) is 13.2. The molecular formula is C17H20F2O2Si. The van der Waals surface area contributed by atoms with Gasteiger partial charge in [0.2, 0.25) is 5.78 Å². The van der Waals surface area contributed by atoms with Gasteiger partial charge in [-0.3, -0.25) is 4.79 Å². The number of halogens is 2. The molecule has 0 fully saturated rings. The van der Waals surface area contributed by atoms with E-state index in [4.69, 9.17) is 4.43 Å². The molecule has 2 aromatic carbocycles. The van der Waals surface area contributed by atoms with Crippen molar-refractivity contribution in [1.29, 1.82) is 0 Å². The Bertz CT molecular complexity index is 692. The molecule has 0 spiro atoms. The van der Waals surface area contributed by atoms with Crippen LogP contribution < -0.4 is 0 Å². The third kappa shape index (κ3) is 3.59. The fraction of sp³-hybridized carbons (Fsp3) is 0.353. The van der Waals surface area contributed by atoms with Crippen molar-refractivity contribution in [3.05, 3.63) is 48.0 Å². The maximum absolute atomic E-state index is 14.4. The van der Waals surface area contributed by atoms with Crippen molar-refractivity contribution < 1.29 is 18.0 Å². The molecule has 0 amide bonds. The quantitative estimate of drug-likeness (QED) is 0.728. The summed E-state index contributed by atoms with van der Waals surface area (Å²) in [4.78, 5) is 11.4. The highest BCUT2D eigenvalue weighted by atomic mass is 28.4. The zero-order valence-corrected chi connectivity index (χ0v) is 14.2. The van der Waals surface area contributed by atoms with Crippen LogP contribution in [0, 0.1) is 0 Å². The van der Waals surface area contributed by atoms with E-state index in [1.165, 1.54) is 0 Å². The van der Waals surface area contributed by atoms with E-state index < -0.39 is 26.1 Å². The average Bonchev–Trinajstić information content (AvgIpc) is 2.43. The lowest BCUT2D eigenvalue weighted by atomic mass is 9.98. The third-order valence-corrected chi connectivity index (χ3v) is 4.29. The number of fused-ring (bicyclic) bond motifs is 1. The Labute approximate surface area is 130 Å². The highest BCUT2D eigenvalue weighted by Gasteiger charge is 2.47. The summed E-state index contributed by atoms with van der Waals surface area (Å²) in [6, 6.07) is 12.6. The average molecular weight is 322 g/mol. The Morgan fingerprint density at radius 3 is 2.23 bits per heavy atom. The minimum atomic E-state index is -3.54. The lowest BCUT2D eigenvalue weighted by molar-refractivity contribution is -0.157. The summed E-state index contributed by atoms with van der Waals surface area (Å²) in [5.74, 6) is -4.72. The number of carbonyl (C=O) groups excluding carboxylic acids is 1. The monoisotopic (exact) mass is 322 g/mol. The van der Waals surface area contributed by atoms with Crippen LogP contribution in [0.2, 0.25) is 19.6 Å². The van der Waals surface area contributed by atoms with Crippen molar-refractivity contribution in [3.63, 3.8) is 0 Å². The number of hydrogen-bond donors (Lipinski definition) is 0. The first-order chi connectivity index (χ1) is 10.1. The van der Waals surface area contributed by atoms with Crippen LogP contribution in [-0.4, -0.2) is 20.0 Å². The molecule has 118 valence electrons. The van der Waals surface area contributed by atoms with Crippen molar-refractivity contribution in [3.8, 4) is 0 Å². The van der Waals surface area contributed by atoms with Gasteiger partial charge < -0.3 is 4.43 Å². The van der Waals surface area contributed by atoms with E-state index in [0.717, 1.165) is 17.7 Å². The van der Waals surface area contributed by atoms with E-state index in [1.807, 2.05) is 43.9 Å². The fourth-order valence-electron chi connectivity index (χ4n) is 2.26. The number of hydrogen-bond acceptors (Lipinski definition) is 2. The molecule has 1 atom stereocenters. The molecule has 0 aliphatic carbocycles. The van der Waals surface area contributed by atoms with E-state index in [1.54, 1.807) is 18.2 Å². The van der Waals surface area contributed by atoms with E-state index in [0.29, 0.717) is 5.56 Å². The first-order valence-corrected chi connectivity index (χ1v) is 10.6. The van der Waals surface area contributed by atoms with Gasteiger partial charge in [-0.15, -0.1) is 0 Å². The van der Waals surface area contributed by atoms with Crippen LogP contribution in [0.1, 0.15) is 18.6 Å². The number of rotatable bonds is 5. The van der Waals surface area contributed by atoms with Crippen molar-refractivity contribution in [2.24, 2.45) is 0 Å². The van der Waals surface area contributed by atoms with Crippen molar-refractivity contribution in [2.45, 2.75) is 38.6 Å². The van der Waals surface area contributed by atoms with Crippen LogP contribution in [0.15, 0.2) is 42.5 Å². The Morgan fingerprint density at radius 1 is 1.09 bits per heavy atom. The van der Waals surface area contributed by atoms with Crippen molar-refractivity contribution in [1.82, 2.24) is 0 Å². The van der Waals surface area contributed by atoms with Crippen LogP contribution in [0.5, 0.6) is 0 Å². The van der Waals surface area contributed by atoms with Crippen LogP contribution in [0.25, 0.3) is 10.8 Å². The summed E-state index contributed by atoms with van der Waals surface area (Å²) in [5, 5.41) is 1.81. The molecular weight excluding hydrogens is 302 g/mol. The summed E-state index contributed by atoms with van der Waals surface area (Å²) in [5.41, 5.74) is 0.335. The lowest BCUT2D eigenvalue weighted by Crippen LogP contribution is -2.41. The molecule has 0 saturated carbocycles. The van der Waals surface area contributed by atoms with Crippen LogP contribution in [0.3, 0.4) is 0 Å². The number of alkyl halides is 2. The van der Waals surface area contributed by atoms with Gasteiger partial charge in [-0.05, 0) is 42.0 Å². The van der Waals surface area contributed by atoms with Gasteiger partial charge in [0.25, 0.3) is 0 Å². The highest BCUT2D eigenvalue weighted by molar-refractivity contribution is 6.69. The first kappa shape index (κ1) is 16.8. The SMILES string of the molecule is CC(=O)C(F)(F)C(O[Si](C)(C)C)c1ccc2ccccc2c1. The number of benzene rings is 2. The molecule has 0 bridgehead atoms. The highest BCUT2D eigenvalue weighted by Crippen LogP contribution is 2.38. The van der Waals surface area contributed by atoms with Gasteiger partial charge in [0.05, 0.1) is 0 Å². The second kappa shape index (κ2) is 5.89. The predicted octanol–water partition coefficient (Wildman–Crippen LogP) is 4.96. The molecule has 0 aromatic heterocycles. The van der Waals surface area contributed by atoms with Gasteiger partial charge in [-0.1, -0.05) is 36.4 Å². The zero-order chi connectivity index (χ0) is 16.5. The molecule has 0 radical (unpaired) electrons.